The summed E-state index contributed by atoms with van der Waals surface area (Å²) in [6, 6.07) is 4.10. The van der Waals surface area contributed by atoms with Gasteiger partial charge < -0.3 is 16.0 Å². The topological polar surface area (TPSA) is 87.3 Å². The number of carbonyl (C=O) groups excluding carboxylic acids is 3. The normalized spacial score (nSPS) is 15.4. The number of hydrogen-bond donors (Lipinski definition) is 3. The van der Waals surface area contributed by atoms with E-state index in [0.717, 1.165) is 48.6 Å². The molecule has 3 N–H and O–H groups in total. The number of halogens is 1. The van der Waals surface area contributed by atoms with Crippen molar-refractivity contribution in [2.75, 3.05) is 10.6 Å². The van der Waals surface area contributed by atoms with Crippen LogP contribution in [0.5, 0.6) is 0 Å². The van der Waals surface area contributed by atoms with Crippen molar-refractivity contribution in [3.05, 3.63) is 45.6 Å². The summed E-state index contributed by atoms with van der Waals surface area (Å²) < 4.78 is 14.4. The molecule has 3 amide bonds. The highest BCUT2D eigenvalue weighted by Gasteiger charge is 2.31. The number of amides is 3. The minimum absolute atomic E-state index is 0.177. The van der Waals surface area contributed by atoms with Gasteiger partial charge in [-0.15, -0.1) is 11.3 Å². The molecular weight excluding hydrogens is 417 g/mol. The van der Waals surface area contributed by atoms with Gasteiger partial charge in [0.1, 0.15) is 10.8 Å². The second kappa shape index (κ2) is 8.07. The summed E-state index contributed by atoms with van der Waals surface area (Å²) in [6.07, 6.45) is 4.61. The summed E-state index contributed by atoms with van der Waals surface area (Å²) in [5.74, 6) is -1.76. The molecule has 4 rings (SSSR count). The highest BCUT2D eigenvalue weighted by molar-refractivity contribution is 7.17. The van der Waals surface area contributed by atoms with Crippen molar-refractivity contribution in [3.63, 3.8) is 0 Å². The summed E-state index contributed by atoms with van der Waals surface area (Å²) >= 11 is 1.39. The Morgan fingerprint density at radius 1 is 1.06 bits per heavy atom. The van der Waals surface area contributed by atoms with Gasteiger partial charge in [0.25, 0.3) is 11.8 Å². The molecule has 1 fully saturated rings. The van der Waals surface area contributed by atoms with Crippen LogP contribution in [0.3, 0.4) is 0 Å². The van der Waals surface area contributed by atoms with E-state index in [0.29, 0.717) is 16.3 Å². The lowest BCUT2D eigenvalue weighted by Gasteiger charge is -2.18. The Labute approximate surface area is 184 Å². The second-order valence-electron chi connectivity index (χ2n) is 9.16. The van der Waals surface area contributed by atoms with Gasteiger partial charge in [0, 0.05) is 22.0 Å². The summed E-state index contributed by atoms with van der Waals surface area (Å²) in [5.41, 5.74) is 1.03. The molecule has 0 unspecified atom stereocenters. The Morgan fingerprint density at radius 2 is 1.81 bits per heavy atom. The minimum atomic E-state index is -0.695. The van der Waals surface area contributed by atoms with Crippen LogP contribution in [-0.2, 0) is 17.6 Å². The van der Waals surface area contributed by atoms with Gasteiger partial charge in [0.2, 0.25) is 5.91 Å². The van der Waals surface area contributed by atoms with E-state index in [2.05, 4.69) is 16.0 Å². The molecule has 1 aromatic carbocycles. The van der Waals surface area contributed by atoms with E-state index < -0.39 is 17.1 Å². The van der Waals surface area contributed by atoms with E-state index in [-0.39, 0.29) is 23.4 Å². The van der Waals surface area contributed by atoms with Gasteiger partial charge in [-0.1, -0.05) is 20.8 Å². The average molecular weight is 444 g/mol. The molecule has 1 saturated carbocycles. The van der Waals surface area contributed by atoms with Crippen LogP contribution in [0.4, 0.5) is 15.1 Å². The van der Waals surface area contributed by atoms with Gasteiger partial charge in [0.15, 0.2) is 0 Å². The van der Waals surface area contributed by atoms with Crippen molar-refractivity contribution in [2.24, 2.45) is 5.41 Å². The van der Waals surface area contributed by atoms with E-state index in [9.17, 15) is 18.8 Å². The second-order valence-corrected chi connectivity index (χ2v) is 10.3. The van der Waals surface area contributed by atoms with Crippen LogP contribution in [0.15, 0.2) is 18.2 Å². The SMILES string of the molecule is CC(C)(C)C(=O)Nc1ccc(F)c(C(=O)Nc2sc3c(c2C(=O)NC2CC2)CCC3)c1. The highest BCUT2D eigenvalue weighted by atomic mass is 32.1. The standard InChI is InChI=1S/C23H26FN3O3S/c1-23(2,3)22(30)26-13-9-10-16(24)15(11-13)19(28)27-21-18(20(29)25-12-7-8-12)14-5-4-6-17(14)31-21/h9-12H,4-8H2,1-3H3,(H,25,29)(H,26,30)(H,27,28). The number of nitrogens with one attached hydrogen (secondary N) is 3. The number of aryl methyl sites for hydroxylation is 1. The lowest BCUT2D eigenvalue weighted by atomic mass is 9.95. The zero-order valence-electron chi connectivity index (χ0n) is 17.9. The number of rotatable bonds is 5. The predicted molar refractivity (Wildman–Crippen MR) is 119 cm³/mol. The van der Waals surface area contributed by atoms with Crippen molar-refractivity contribution in [1.82, 2.24) is 5.32 Å². The number of anilines is 2. The highest BCUT2D eigenvalue weighted by Crippen LogP contribution is 2.40. The van der Waals surface area contributed by atoms with Crippen molar-refractivity contribution in [2.45, 2.75) is 58.9 Å². The van der Waals surface area contributed by atoms with Gasteiger partial charge >= 0.3 is 0 Å². The Kier molecular flexibility index (Phi) is 5.60. The van der Waals surface area contributed by atoms with E-state index in [4.69, 9.17) is 0 Å². The first-order valence-electron chi connectivity index (χ1n) is 10.5. The van der Waals surface area contributed by atoms with E-state index in [1.54, 1.807) is 20.8 Å². The number of thiophene rings is 1. The maximum absolute atomic E-state index is 14.4. The van der Waals surface area contributed by atoms with Gasteiger partial charge in [-0.25, -0.2) is 4.39 Å². The van der Waals surface area contributed by atoms with E-state index in [1.165, 1.54) is 23.5 Å². The molecule has 0 atom stereocenters. The summed E-state index contributed by atoms with van der Waals surface area (Å²) in [4.78, 5) is 39.1. The van der Waals surface area contributed by atoms with Crippen molar-refractivity contribution >= 4 is 39.7 Å². The van der Waals surface area contributed by atoms with Gasteiger partial charge in [-0.3, -0.25) is 14.4 Å². The molecule has 6 nitrogen and oxygen atoms in total. The molecule has 0 spiro atoms. The largest absolute Gasteiger partial charge is 0.349 e. The van der Waals surface area contributed by atoms with Crippen molar-refractivity contribution < 1.29 is 18.8 Å². The van der Waals surface area contributed by atoms with Crippen molar-refractivity contribution in [3.8, 4) is 0 Å². The molecule has 0 radical (unpaired) electrons. The molecule has 1 aromatic heterocycles. The quantitative estimate of drug-likeness (QED) is 0.636. The van der Waals surface area contributed by atoms with Gasteiger partial charge in [-0.2, -0.15) is 0 Å². The number of carbonyl (C=O) groups is 3. The Balaban J connectivity index is 1.58. The first-order valence-corrected chi connectivity index (χ1v) is 11.3. The third kappa shape index (κ3) is 4.63. The smallest absolute Gasteiger partial charge is 0.259 e. The maximum atomic E-state index is 14.4. The number of benzene rings is 1. The fraction of sp³-hybridized carbons (Fsp3) is 0.435. The first-order chi connectivity index (χ1) is 14.6. The zero-order chi connectivity index (χ0) is 22.3. The fourth-order valence-corrected chi connectivity index (χ4v) is 4.77. The minimum Gasteiger partial charge on any atom is -0.349 e. The molecule has 31 heavy (non-hydrogen) atoms. The average Bonchev–Trinajstić information content (AvgIpc) is 3.27. The number of hydrogen-bond acceptors (Lipinski definition) is 4. The Hall–Kier alpha value is -2.74. The van der Waals surface area contributed by atoms with Gasteiger partial charge in [0.05, 0.1) is 11.1 Å². The zero-order valence-corrected chi connectivity index (χ0v) is 18.7. The molecule has 2 aromatic rings. The summed E-state index contributed by atoms with van der Waals surface area (Å²) in [6.45, 7) is 5.30. The lowest BCUT2D eigenvalue weighted by Crippen LogP contribution is -2.28. The molecular formula is C23H26FN3O3S. The summed E-state index contributed by atoms with van der Waals surface area (Å²) in [7, 11) is 0. The first kappa shape index (κ1) is 21.5. The monoisotopic (exact) mass is 443 g/mol. The van der Waals surface area contributed by atoms with Crippen LogP contribution < -0.4 is 16.0 Å². The van der Waals surface area contributed by atoms with E-state index in [1.807, 2.05) is 0 Å². The summed E-state index contributed by atoms with van der Waals surface area (Å²) in [5, 5.41) is 8.90. The molecule has 8 heteroatoms. The van der Waals surface area contributed by atoms with Crippen molar-refractivity contribution in [1.29, 1.82) is 0 Å². The van der Waals surface area contributed by atoms with Crippen LogP contribution in [0.1, 0.15) is 71.2 Å². The van der Waals surface area contributed by atoms with Crippen LogP contribution in [0, 0.1) is 11.2 Å². The Bertz CT molecular complexity index is 1070. The molecule has 0 saturated heterocycles. The molecule has 164 valence electrons. The fourth-order valence-electron chi connectivity index (χ4n) is 3.48. The van der Waals surface area contributed by atoms with Crippen LogP contribution in [0.2, 0.25) is 0 Å². The lowest BCUT2D eigenvalue weighted by molar-refractivity contribution is -0.123. The molecule has 2 aliphatic carbocycles. The van der Waals surface area contributed by atoms with E-state index >= 15 is 0 Å². The predicted octanol–water partition coefficient (Wildman–Crippen LogP) is 4.51. The Morgan fingerprint density at radius 3 is 2.48 bits per heavy atom. The molecule has 2 aliphatic rings. The molecule has 0 bridgehead atoms. The molecule has 0 aliphatic heterocycles. The third-order valence-corrected chi connectivity index (χ3v) is 6.65. The van der Waals surface area contributed by atoms with Gasteiger partial charge in [-0.05, 0) is 55.9 Å². The molecule has 1 heterocycles. The third-order valence-electron chi connectivity index (χ3n) is 5.44. The van der Waals surface area contributed by atoms with Crippen LogP contribution in [-0.4, -0.2) is 23.8 Å². The number of fused-ring (bicyclic) bond motifs is 1. The maximum Gasteiger partial charge on any atom is 0.259 e. The van der Waals surface area contributed by atoms with Crippen LogP contribution in [0.25, 0.3) is 0 Å². The van der Waals surface area contributed by atoms with Crippen LogP contribution >= 0.6 is 11.3 Å².